The number of carboxylic acid groups (broad SMARTS) is 1. The third-order valence-electron chi connectivity index (χ3n) is 3.31. The van der Waals surface area contributed by atoms with Crippen LogP contribution in [-0.2, 0) is 4.79 Å². The Morgan fingerprint density at radius 1 is 1.33 bits per heavy atom. The molecule has 1 aromatic carbocycles. The van der Waals surface area contributed by atoms with Crippen LogP contribution in [0.25, 0.3) is 0 Å². The van der Waals surface area contributed by atoms with Crippen LogP contribution >= 0.6 is 0 Å². The molecular weight excluding hydrogens is 274 g/mol. The van der Waals surface area contributed by atoms with Gasteiger partial charge in [0.15, 0.2) is 0 Å². The van der Waals surface area contributed by atoms with Crippen LogP contribution in [0.5, 0.6) is 0 Å². The average molecular weight is 291 g/mol. The smallest absolute Gasteiger partial charge is 0.337 e. The van der Waals surface area contributed by atoms with E-state index < -0.39 is 5.97 Å². The zero-order valence-corrected chi connectivity index (χ0v) is 11.7. The summed E-state index contributed by atoms with van der Waals surface area (Å²) in [6.07, 6.45) is 0.673. The van der Waals surface area contributed by atoms with Gasteiger partial charge in [0, 0.05) is 20.1 Å². The number of urea groups is 1. The van der Waals surface area contributed by atoms with Crippen LogP contribution in [0.4, 0.5) is 10.5 Å². The van der Waals surface area contributed by atoms with E-state index in [1.165, 1.54) is 22.9 Å². The Bertz CT molecular complexity index is 573. The van der Waals surface area contributed by atoms with Crippen LogP contribution in [0.1, 0.15) is 16.8 Å². The highest BCUT2D eigenvalue weighted by atomic mass is 16.4. The highest BCUT2D eigenvalue weighted by Crippen LogP contribution is 2.20. The predicted octanol–water partition coefficient (Wildman–Crippen LogP) is 0.763. The summed E-state index contributed by atoms with van der Waals surface area (Å²) in [5.41, 5.74) is 0.354. The van der Waals surface area contributed by atoms with E-state index in [1.807, 2.05) is 0 Å². The summed E-state index contributed by atoms with van der Waals surface area (Å²) < 4.78 is 0. The highest BCUT2D eigenvalue weighted by Gasteiger charge is 2.25. The summed E-state index contributed by atoms with van der Waals surface area (Å²) >= 11 is 0. The fourth-order valence-corrected chi connectivity index (χ4v) is 2.23. The minimum Gasteiger partial charge on any atom is -0.478 e. The molecule has 1 aromatic rings. The molecule has 0 aliphatic carbocycles. The van der Waals surface area contributed by atoms with Gasteiger partial charge in [-0.15, -0.1) is 0 Å². The van der Waals surface area contributed by atoms with Crippen LogP contribution in [-0.4, -0.2) is 54.6 Å². The van der Waals surface area contributed by atoms with Crippen molar-refractivity contribution in [2.75, 3.05) is 31.6 Å². The number of nitrogens with zero attached hydrogens (tertiary/aromatic N) is 2. The normalized spacial score (nSPS) is 15.1. The summed E-state index contributed by atoms with van der Waals surface area (Å²) in [6.45, 7) is 0.980. The van der Waals surface area contributed by atoms with Crippen LogP contribution < -0.4 is 10.2 Å². The molecule has 0 unspecified atom stereocenters. The molecule has 0 radical (unpaired) electrons. The molecule has 3 amide bonds. The molecule has 0 bridgehead atoms. The van der Waals surface area contributed by atoms with Crippen LogP contribution in [0.3, 0.4) is 0 Å². The molecule has 7 heteroatoms. The van der Waals surface area contributed by atoms with Gasteiger partial charge in [0.25, 0.3) is 0 Å². The minimum atomic E-state index is -1.10. The fourth-order valence-electron chi connectivity index (χ4n) is 2.23. The number of carboxylic acids is 1. The molecule has 7 nitrogen and oxygen atoms in total. The van der Waals surface area contributed by atoms with Gasteiger partial charge in [-0.3, -0.25) is 9.69 Å². The molecule has 21 heavy (non-hydrogen) atoms. The highest BCUT2D eigenvalue weighted by molar-refractivity contribution is 6.01. The predicted molar refractivity (Wildman–Crippen MR) is 76.4 cm³/mol. The molecule has 0 atom stereocenters. The van der Waals surface area contributed by atoms with Crippen LogP contribution in [0.15, 0.2) is 24.3 Å². The van der Waals surface area contributed by atoms with E-state index in [2.05, 4.69) is 5.32 Å². The Kier molecular flexibility index (Phi) is 4.42. The van der Waals surface area contributed by atoms with Crippen LogP contribution in [0.2, 0.25) is 0 Å². The first-order valence-electron chi connectivity index (χ1n) is 6.62. The lowest BCUT2D eigenvalue weighted by Crippen LogP contribution is -2.44. The molecule has 0 spiro atoms. The summed E-state index contributed by atoms with van der Waals surface area (Å²) in [4.78, 5) is 37.9. The van der Waals surface area contributed by atoms with Crippen molar-refractivity contribution >= 4 is 23.6 Å². The molecule has 1 saturated heterocycles. The molecule has 1 heterocycles. The van der Waals surface area contributed by atoms with E-state index in [0.29, 0.717) is 25.2 Å². The van der Waals surface area contributed by atoms with E-state index in [-0.39, 0.29) is 24.0 Å². The minimum absolute atomic E-state index is 0.0155. The lowest BCUT2D eigenvalue weighted by Gasteiger charge is -2.27. The average Bonchev–Trinajstić information content (AvgIpc) is 2.70. The Morgan fingerprint density at radius 2 is 2.05 bits per heavy atom. The number of hydrogen-bond acceptors (Lipinski definition) is 3. The van der Waals surface area contributed by atoms with Crippen molar-refractivity contribution in [3.8, 4) is 0 Å². The van der Waals surface area contributed by atoms with Gasteiger partial charge in [0.2, 0.25) is 5.91 Å². The topological polar surface area (TPSA) is 90.0 Å². The second-order valence-corrected chi connectivity index (χ2v) is 4.79. The molecule has 2 rings (SSSR count). The number of anilines is 1. The van der Waals surface area contributed by atoms with Crippen molar-refractivity contribution in [1.29, 1.82) is 0 Å². The van der Waals surface area contributed by atoms with E-state index in [0.717, 1.165) is 0 Å². The van der Waals surface area contributed by atoms with E-state index in [9.17, 15) is 19.5 Å². The lowest BCUT2D eigenvalue weighted by molar-refractivity contribution is -0.121. The van der Waals surface area contributed by atoms with E-state index in [4.69, 9.17) is 0 Å². The number of amides is 3. The van der Waals surface area contributed by atoms with Crippen molar-refractivity contribution < 1.29 is 19.5 Å². The monoisotopic (exact) mass is 291 g/mol. The number of aromatic carboxylic acids is 1. The second kappa shape index (κ2) is 6.25. The van der Waals surface area contributed by atoms with Gasteiger partial charge in [-0.1, -0.05) is 12.1 Å². The molecule has 1 fully saturated rings. The molecule has 2 N–H and O–H groups in total. The number of rotatable bonds is 2. The summed E-state index contributed by atoms with van der Waals surface area (Å²) in [5.74, 6) is -1.31. The second-order valence-electron chi connectivity index (χ2n) is 4.79. The standard InChI is InChI=1S/C14H17N3O4/c1-16(11-6-3-2-5-10(11)13(19)20)14(21)17-8-4-7-15-12(18)9-17/h2-3,5-6H,4,7-9H2,1H3,(H,15,18)(H,19,20). The zero-order chi connectivity index (χ0) is 15.4. The first-order valence-corrected chi connectivity index (χ1v) is 6.62. The Balaban J connectivity index is 2.23. The van der Waals surface area contributed by atoms with Crippen molar-refractivity contribution in [3.05, 3.63) is 29.8 Å². The number of carbonyl (C=O) groups excluding carboxylic acids is 2. The largest absolute Gasteiger partial charge is 0.478 e. The summed E-state index contributed by atoms with van der Waals surface area (Å²) in [5, 5.41) is 11.9. The maximum absolute atomic E-state index is 12.5. The first-order chi connectivity index (χ1) is 10.0. The molecule has 1 aliphatic heterocycles. The number of hydrogen-bond donors (Lipinski definition) is 2. The molecule has 112 valence electrons. The van der Waals surface area contributed by atoms with Gasteiger partial charge in [-0.05, 0) is 18.6 Å². The van der Waals surface area contributed by atoms with Crippen molar-refractivity contribution in [2.45, 2.75) is 6.42 Å². The van der Waals surface area contributed by atoms with Crippen molar-refractivity contribution in [2.24, 2.45) is 0 Å². The molecular formula is C14H17N3O4. The number of benzene rings is 1. The summed E-state index contributed by atoms with van der Waals surface area (Å²) in [6, 6.07) is 5.89. The first kappa shape index (κ1) is 14.8. The fraction of sp³-hybridized carbons (Fsp3) is 0.357. The number of carbonyl (C=O) groups is 3. The number of nitrogens with one attached hydrogen (secondary N) is 1. The maximum Gasteiger partial charge on any atom is 0.337 e. The molecule has 0 aromatic heterocycles. The van der Waals surface area contributed by atoms with E-state index in [1.54, 1.807) is 18.2 Å². The lowest BCUT2D eigenvalue weighted by atomic mass is 10.1. The van der Waals surface area contributed by atoms with Gasteiger partial charge in [0.1, 0.15) is 6.54 Å². The number of para-hydroxylation sites is 1. The van der Waals surface area contributed by atoms with Crippen LogP contribution in [0, 0.1) is 0 Å². The SMILES string of the molecule is CN(C(=O)N1CCCNC(=O)C1)c1ccccc1C(=O)O. The Morgan fingerprint density at radius 3 is 2.76 bits per heavy atom. The van der Waals surface area contributed by atoms with Gasteiger partial charge in [0.05, 0.1) is 11.3 Å². The van der Waals surface area contributed by atoms with Gasteiger partial charge < -0.3 is 15.3 Å². The van der Waals surface area contributed by atoms with Gasteiger partial charge >= 0.3 is 12.0 Å². The quantitative estimate of drug-likeness (QED) is 0.842. The third kappa shape index (κ3) is 3.31. The Labute approximate surface area is 122 Å². The van der Waals surface area contributed by atoms with Crippen molar-refractivity contribution in [3.63, 3.8) is 0 Å². The van der Waals surface area contributed by atoms with Gasteiger partial charge in [-0.25, -0.2) is 9.59 Å². The summed E-state index contributed by atoms with van der Waals surface area (Å²) in [7, 11) is 1.51. The third-order valence-corrected chi connectivity index (χ3v) is 3.31. The maximum atomic E-state index is 12.5. The van der Waals surface area contributed by atoms with Gasteiger partial charge in [-0.2, -0.15) is 0 Å². The molecule has 1 aliphatic rings. The Hall–Kier alpha value is -2.57. The van der Waals surface area contributed by atoms with E-state index >= 15 is 0 Å². The molecule has 0 saturated carbocycles. The zero-order valence-electron chi connectivity index (χ0n) is 11.7. The van der Waals surface area contributed by atoms with Crippen molar-refractivity contribution in [1.82, 2.24) is 10.2 Å².